The van der Waals surface area contributed by atoms with Crippen LogP contribution in [0.1, 0.15) is 21.9 Å². The second kappa shape index (κ2) is 7.27. The summed E-state index contributed by atoms with van der Waals surface area (Å²) in [7, 11) is 0. The molecule has 5 heterocycles. The van der Waals surface area contributed by atoms with Crippen LogP contribution in [0.3, 0.4) is 0 Å². The number of aromatic nitrogens is 3. The maximum absolute atomic E-state index is 13.1. The molecule has 0 N–H and O–H groups in total. The standard InChI is InChI=1S/C22H13N5O4/c23-12-14-11-16-20(24-18-7-1-2-8-26(18)22(16)29)27(13-15-5-3-9-30-15)19(14)25-21(28)17-6-4-10-31-17/h1-11H,13H2. The average molecular weight is 411 g/mol. The molecule has 5 aromatic heterocycles. The first-order valence-corrected chi connectivity index (χ1v) is 9.26. The van der Waals surface area contributed by atoms with E-state index in [-0.39, 0.29) is 39.9 Å². The molecule has 0 fully saturated rings. The molecule has 0 saturated heterocycles. The maximum atomic E-state index is 13.1. The Bertz CT molecular complexity index is 1600. The number of furan rings is 2. The van der Waals surface area contributed by atoms with Gasteiger partial charge in [0.1, 0.15) is 23.1 Å². The maximum Gasteiger partial charge on any atom is 0.314 e. The first kappa shape index (κ1) is 18.3. The Morgan fingerprint density at radius 2 is 1.97 bits per heavy atom. The largest absolute Gasteiger partial charge is 0.467 e. The minimum absolute atomic E-state index is 0.0278. The van der Waals surface area contributed by atoms with Crippen LogP contribution < -0.4 is 11.0 Å². The Morgan fingerprint density at radius 3 is 2.71 bits per heavy atom. The van der Waals surface area contributed by atoms with Crippen molar-refractivity contribution in [2.24, 2.45) is 4.99 Å². The van der Waals surface area contributed by atoms with E-state index in [1.54, 1.807) is 42.6 Å². The van der Waals surface area contributed by atoms with Crippen molar-refractivity contribution in [1.29, 1.82) is 5.26 Å². The van der Waals surface area contributed by atoms with Gasteiger partial charge in [0.2, 0.25) is 0 Å². The summed E-state index contributed by atoms with van der Waals surface area (Å²) in [6, 6.07) is 15.1. The Balaban J connectivity index is 1.90. The summed E-state index contributed by atoms with van der Waals surface area (Å²) in [6.45, 7) is 0.110. The highest BCUT2D eigenvalue weighted by Crippen LogP contribution is 2.13. The molecule has 0 aliphatic carbocycles. The lowest BCUT2D eigenvalue weighted by Crippen LogP contribution is -2.29. The Labute approximate surface area is 173 Å². The fourth-order valence-corrected chi connectivity index (χ4v) is 3.34. The number of carbonyl (C=O) groups is 1. The fraction of sp³-hybridized carbons (Fsp3) is 0.0455. The minimum atomic E-state index is -0.661. The third-order valence-corrected chi connectivity index (χ3v) is 4.74. The predicted octanol–water partition coefficient (Wildman–Crippen LogP) is 2.50. The molecule has 9 nitrogen and oxygen atoms in total. The zero-order valence-corrected chi connectivity index (χ0v) is 15.9. The van der Waals surface area contributed by atoms with Gasteiger partial charge in [-0.2, -0.15) is 10.3 Å². The van der Waals surface area contributed by atoms with Gasteiger partial charge in [-0.25, -0.2) is 4.98 Å². The Morgan fingerprint density at radius 1 is 1.13 bits per heavy atom. The molecule has 0 saturated carbocycles. The van der Waals surface area contributed by atoms with Crippen molar-refractivity contribution in [1.82, 2.24) is 14.0 Å². The summed E-state index contributed by atoms with van der Waals surface area (Å²) in [4.78, 5) is 34.5. The lowest BCUT2D eigenvalue weighted by Gasteiger charge is -2.12. The van der Waals surface area contributed by atoms with Crippen LogP contribution in [0.25, 0.3) is 16.7 Å². The highest BCUT2D eigenvalue weighted by molar-refractivity contribution is 5.92. The van der Waals surface area contributed by atoms with E-state index in [0.29, 0.717) is 11.4 Å². The fourth-order valence-electron chi connectivity index (χ4n) is 3.34. The lowest BCUT2D eigenvalue weighted by molar-refractivity contribution is 0.0970. The van der Waals surface area contributed by atoms with Gasteiger partial charge >= 0.3 is 5.91 Å². The van der Waals surface area contributed by atoms with Gasteiger partial charge in [0.05, 0.1) is 30.0 Å². The van der Waals surface area contributed by atoms with Gasteiger partial charge in [-0.1, -0.05) is 6.07 Å². The molecule has 5 rings (SSSR count). The summed E-state index contributed by atoms with van der Waals surface area (Å²) in [5.74, 6) is -0.0926. The van der Waals surface area contributed by atoms with Gasteiger partial charge in [0, 0.05) is 6.20 Å². The van der Waals surface area contributed by atoms with E-state index in [9.17, 15) is 14.9 Å². The third-order valence-electron chi connectivity index (χ3n) is 4.74. The van der Waals surface area contributed by atoms with Crippen molar-refractivity contribution in [2.45, 2.75) is 6.54 Å². The summed E-state index contributed by atoms with van der Waals surface area (Å²) < 4.78 is 13.5. The first-order chi connectivity index (χ1) is 15.2. The second-order valence-electron chi connectivity index (χ2n) is 6.64. The molecule has 5 aromatic rings. The van der Waals surface area contributed by atoms with Crippen molar-refractivity contribution in [2.75, 3.05) is 0 Å². The topological polar surface area (TPSA) is 119 Å². The molecule has 0 aliphatic rings. The molecular weight excluding hydrogens is 398 g/mol. The average Bonchev–Trinajstić information content (AvgIpc) is 3.50. The molecule has 0 unspecified atom stereocenters. The molecule has 0 aromatic carbocycles. The summed E-state index contributed by atoms with van der Waals surface area (Å²) in [5.41, 5.74) is 0.460. The summed E-state index contributed by atoms with van der Waals surface area (Å²) in [5, 5.41) is 9.98. The molecule has 1 amide bonds. The molecule has 0 spiro atoms. The van der Waals surface area contributed by atoms with Crippen LogP contribution in [0.5, 0.6) is 0 Å². The van der Waals surface area contributed by atoms with E-state index in [1.165, 1.54) is 33.6 Å². The van der Waals surface area contributed by atoms with E-state index in [2.05, 4.69) is 9.98 Å². The van der Waals surface area contributed by atoms with E-state index in [1.807, 2.05) is 6.07 Å². The van der Waals surface area contributed by atoms with Crippen LogP contribution in [0.15, 0.2) is 85.9 Å². The van der Waals surface area contributed by atoms with Crippen molar-refractivity contribution >= 4 is 22.6 Å². The SMILES string of the molecule is N#Cc1cc2c(=O)n3ccccc3nc2n(Cc2ccco2)c1=NC(=O)c1ccco1. The Hall–Kier alpha value is -4.71. The minimum Gasteiger partial charge on any atom is -0.467 e. The molecule has 0 radical (unpaired) electrons. The van der Waals surface area contributed by atoms with Crippen molar-refractivity contribution < 1.29 is 13.6 Å². The van der Waals surface area contributed by atoms with Crippen LogP contribution in [0.2, 0.25) is 0 Å². The smallest absolute Gasteiger partial charge is 0.314 e. The van der Waals surface area contributed by atoms with Crippen LogP contribution in [-0.2, 0) is 6.54 Å². The normalized spacial score (nSPS) is 11.8. The number of hydrogen-bond donors (Lipinski definition) is 0. The number of rotatable bonds is 3. The van der Waals surface area contributed by atoms with Gasteiger partial charge in [0.15, 0.2) is 11.2 Å². The molecule has 150 valence electrons. The number of fused-ring (bicyclic) bond motifs is 2. The zero-order chi connectivity index (χ0) is 21.4. The van der Waals surface area contributed by atoms with Crippen LogP contribution in [-0.4, -0.2) is 19.9 Å². The van der Waals surface area contributed by atoms with E-state index < -0.39 is 5.91 Å². The predicted molar refractivity (Wildman–Crippen MR) is 108 cm³/mol. The third kappa shape index (κ3) is 3.12. The van der Waals surface area contributed by atoms with Crippen LogP contribution in [0.4, 0.5) is 0 Å². The number of pyridine rings is 2. The number of nitriles is 1. The second-order valence-corrected chi connectivity index (χ2v) is 6.64. The molecule has 31 heavy (non-hydrogen) atoms. The van der Waals surface area contributed by atoms with Gasteiger partial charge in [-0.15, -0.1) is 0 Å². The molecule has 0 bridgehead atoms. The van der Waals surface area contributed by atoms with Crippen LogP contribution in [0, 0.1) is 11.3 Å². The van der Waals surface area contributed by atoms with E-state index >= 15 is 0 Å². The Kier molecular flexibility index (Phi) is 4.30. The molecule has 9 heteroatoms. The number of carbonyl (C=O) groups excluding carboxylic acids is 1. The summed E-state index contributed by atoms with van der Waals surface area (Å²) >= 11 is 0. The van der Waals surface area contributed by atoms with Gasteiger partial charge < -0.3 is 13.4 Å². The van der Waals surface area contributed by atoms with E-state index in [4.69, 9.17) is 8.83 Å². The monoisotopic (exact) mass is 411 g/mol. The number of nitrogens with zero attached hydrogens (tertiary/aromatic N) is 5. The summed E-state index contributed by atoms with van der Waals surface area (Å²) in [6.07, 6.45) is 4.47. The molecule has 0 atom stereocenters. The lowest BCUT2D eigenvalue weighted by atomic mass is 10.2. The molecule has 0 aliphatic heterocycles. The zero-order valence-electron chi connectivity index (χ0n) is 15.9. The quantitative estimate of drug-likeness (QED) is 0.421. The van der Waals surface area contributed by atoms with Crippen molar-refractivity contribution in [3.8, 4) is 6.07 Å². The highest BCUT2D eigenvalue weighted by atomic mass is 16.3. The van der Waals surface area contributed by atoms with E-state index in [0.717, 1.165) is 0 Å². The van der Waals surface area contributed by atoms with Crippen molar-refractivity contribution in [3.05, 3.63) is 100 Å². The van der Waals surface area contributed by atoms with Gasteiger partial charge in [-0.3, -0.25) is 14.0 Å². The molecular formula is C22H13N5O4. The number of amides is 1. The van der Waals surface area contributed by atoms with Gasteiger partial charge in [0.25, 0.3) is 5.56 Å². The first-order valence-electron chi connectivity index (χ1n) is 9.26. The highest BCUT2D eigenvalue weighted by Gasteiger charge is 2.17. The van der Waals surface area contributed by atoms with Crippen molar-refractivity contribution in [3.63, 3.8) is 0 Å². The van der Waals surface area contributed by atoms with Crippen LogP contribution >= 0.6 is 0 Å². The number of hydrogen-bond acceptors (Lipinski definition) is 6. The van der Waals surface area contributed by atoms with Gasteiger partial charge in [-0.05, 0) is 42.5 Å².